The molecule has 4 nitrogen and oxygen atoms in total. The molecule has 0 aliphatic carbocycles. The number of hydrogen-bond donors (Lipinski definition) is 1. The topological polar surface area (TPSA) is 41.6 Å². The molecular formula is C15H22N2O2. The van der Waals surface area contributed by atoms with Gasteiger partial charge in [0.15, 0.2) is 0 Å². The molecule has 1 fully saturated rings. The van der Waals surface area contributed by atoms with Crippen LogP contribution in [0.2, 0.25) is 0 Å². The summed E-state index contributed by atoms with van der Waals surface area (Å²) in [7, 11) is 0. The van der Waals surface area contributed by atoms with Gasteiger partial charge in [-0.2, -0.15) is 0 Å². The summed E-state index contributed by atoms with van der Waals surface area (Å²) in [5.41, 5.74) is 1.13. The second-order valence-corrected chi connectivity index (χ2v) is 4.97. The molecule has 104 valence electrons. The van der Waals surface area contributed by atoms with E-state index in [1.807, 2.05) is 44.2 Å². The Morgan fingerprint density at radius 1 is 1.21 bits per heavy atom. The Hall–Kier alpha value is -1.39. The largest absolute Gasteiger partial charge is 0.379 e. The monoisotopic (exact) mass is 262 g/mol. The smallest absolute Gasteiger partial charge is 0.237 e. The van der Waals surface area contributed by atoms with E-state index in [1.165, 1.54) is 0 Å². The van der Waals surface area contributed by atoms with Gasteiger partial charge in [0.1, 0.15) is 0 Å². The second-order valence-electron chi connectivity index (χ2n) is 4.97. The number of hydrogen-bond acceptors (Lipinski definition) is 3. The lowest BCUT2D eigenvalue weighted by Crippen LogP contribution is -2.50. The van der Waals surface area contributed by atoms with E-state index in [0.29, 0.717) is 13.2 Å². The summed E-state index contributed by atoms with van der Waals surface area (Å²) < 4.78 is 5.31. The van der Waals surface area contributed by atoms with E-state index >= 15 is 0 Å². The molecule has 1 saturated heterocycles. The number of morpholine rings is 1. The molecule has 2 atom stereocenters. The van der Waals surface area contributed by atoms with Crippen LogP contribution in [0, 0.1) is 0 Å². The molecule has 1 aromatic carbocycles. The molecule has 2 rings (SSSR count). The van der Waals surface area contributed by atoms with Crippen molar-refractivity contribution in [3.63, 3.8) is 0 Å². The van der Waals surface area contributed by atoms with Crippen molar-refractivity contribution in [2.45, 2.75) is 25.9 Å². The molecule has 1 aliphatic rings. The summed E-state index contributed by atoms with van der Waals surface area (Å²) in [5.74, 6) is 0.0817. The van der Waals surface area contributed by atoms with Crippen LogP contribution in [0.4, 0.5) is 0 Å². The summed E-state index contributed by atoms with van der Waals surface area (Å²) in [4.78, 5) is 14.4. The fraction of sp³-hybridized carbons (Fsp3) is 0.533. The molecule has 1 amide bonds. The lowest BCUT2D eigenvalue weighted by molar-refractivity contribution is -0.128. The van der Waals surface area contributed by atoms with Gasteiger partial charge in [-0.15, -0.1) is 0 Å². The van der Waals surface area contributed by atoms with Crippen molar-refractivity contribution in [1.29, 1.82) is 0 Å². The first-order valence-electron chi connectivity index (χ1n) is 6.85. The number of amides is 1. The lowest BCUT2D eigenvalue weighted by atomic mass is 10.1. The van der Waals surface area contributed by atoms with Crippen LogP contribution in [-0.2, 0) is 9.53 Å². The number of nitrogens with one attached hydrogen (secondary N) is 1. The van der Waals surface area contributed by atoms with Gasteiger partial charge in [0.2, 0.25) is 5.91 Å². The Morgan fingerprint density at radius 3 is 2.47 bits per heavy atom. The van der Waals surface area contributed by atoms with Gasteiger partial charge in [-0.1, -0.05) is 30.3 Å². The van der Waals surface area contributed by atoms with Gasteiger partial charge in [-0.25, -0.2) is 0 Å². The van der Waals surface area contributed by atoms with Crippen LogP contribution < -0.4 is 5.32 Å². The van der Waals surface area contributed by atoms with Crippen molar-refractivity contribution in [2.75, 3.05) is 26.3 Å². The maximum Gasteiger partial charge on any atom is 0.237 e. The van der Waals surface area contributed by atoms with Gasteiger partial charge in [0.05, 0.1) is 25.3 Å². The third-order valence-corrected chi connectivity index (χ3v) is 3.63. The van der Waals surface area contributed by atoms with Crippen LogP contribution in [0.25, 0.3) is 0 Å². The van der Waals surface area contributed by atoms with E-state index in [4.69, 9.17) is 4.74 Å². The van der Waals surface area contributed by atoms with Crippen molar-refractivity contribution >= 4 is 5.91 Å². The molecule has 1 aromatic rings. The van der Waals surface area contributed by atoms with Gasteiger partial charge < -0.3 is 10.1 Å². The molecule has 0 radical (unpaired) electrons. The summed E-state index contributed by atoms with van der Waals surface area (Å²) in [6, 6.07) is 9.96. The molecule has 0 spiro atoms. The first-order valence-corrected chi connectivity index (χ1v) is 6.85. The zero-order valence-electron chi connectivity index (χ0n) is 11.6. The second kappa shape index (κ2) is 6.68. The van der Waals surface area contributed by atoms with E-state index in [9.17, 15) is 4.79 Å². The fourth-order valence-electron chi connectivity index (χ4n) is 2.29. The van der Waals surface area contributed by atoms with E-state index in [2.05, 4.69) is 10.2 Å². The zero-order chi connectivity index (χ0) is 13.7. The minimum absolute atomic E-state index is 0.0391. The van der Waals surface area contributed by atoms with Crippen LogP contribution in [0.15, 0.2) is 30.3 Å². The Balaban J connectivity index is 1.89. The highest BCUT2D eigenvalue weighted by atomic mass is 16.5. The van der Waals surface area contributed by atoms with Gasteiger partial charge >= 0.3 is 0 Å². The maximum absolute atomic E-state index is 12.2. The summed E-state index contributed by atoms with van der Waals surface area (Å²) in [6.07, 6.45) is 0. The molecule has 1 aliphatic heterocycles. The molecule has 1 heterocycles. The van der Waals surface area contributed by atoms with E-state index in [-0.39, 0.29) is 18.0 Å². The number of carbonyl (C=O) groups is 1. The first kappa shape index (κ1) is 14.0. The van der Waals surface area contributed by atoms with Crippen molar-refractivity contribution in [3.05, 3.63) is 35.9 Å². The van der Waals surface area contributed by atoms with Gasteiger partial charge in [-0.3, -0.25) is 9.69 Å². The molecule has 0 saturated carbocycles. The number of ether oxygens (including phenoxy) is 1. The molecule has 4 heteroatoms. The van der Waals surface area contributed by atoms with Gasteiger partial charge in [0, 0.05) is 13.1 Å². The summed E-state index contributed by atoms with van der Waals surface area (Å²) in [6.45, 7) is 7.05. The minimum Gasteiger partial charge on any atom is -0.379 e. The van der Waals surface area contributed by atoms with Crippen molar-refractivity contribution in [3.8, 4) is 0 Å². The predicted molar refractivity (Wildman–Crippen MR) is 74.9 cm³/mol. The first-order chi connectivity index (χ1) is 9.18. The van der Waals surface area contributed by atoms with E-state index in [0.717, 1.165) is 18.7 Å². The Morgan fingerprint density at radius 2 is 1.84 bits per heavy atom. The predicted octanol–water partition coefficient (Wildman–Crippen LogP) is 1.58. The lowest BCUT2D eigenvalue weighted by Gasteiger charge is -2.32. The highest BCUT2D eigenvalue weighted by Crippen LogP contribution is 2.12. The Kier molecular flexibility index (Phi) is 4.93. The Bertz CT molecular complexity index is 402. The highest BCUT2D eigenvalue weighted by Gasteiger charge is 2.24. The minimum atomic E-state index is -0.102. The van der Waals surface area contributed by atoms with Crippen LogP contribution >= 0.6 is 0 Å². The molecule has 0 aromatic heterocycles. The Labute approximate surface area is 114 Å². The summed E-state index contributed by atoms with van der Waals surface area (Å²) >= 11 is 0. The van der Waals surface area contributed by atoms with Crippen LogP contribution in [0.1, 0.15) is 25.5 Å². The standard InChI is InChI=1S/C15H22N2O2/c1-12(14-6-4-3-5-7-14)16-15(18)13(2)17-8-10-19-11-9-17/h3-7,12-13H,8-11H2,1-2H3,(H,16,18)/t12-,13-/m0/s1. The van der Waals surface area contributed by atoms with Crippen molar-refractivity contribution in [1.82, 2.24) is 10.2 Å². The quantitative estimate of drug-likeness (QED) is 0.896. The average Bonchev–Trinajstić information content (AvgIpc) is 2.48. The zero-order valence-corrected chi connectivity index (χ0v) is 11.6. The summed E-state index contributed by atoms with van der Waals surface area (Å²) in [5, 5.41) is 3.07. The molecule has 1 N–H and O–H groups in total. The SMILES string of the molecule is C[C@H](NC(=O)[C@H](C)N1CCOCC1)c1ccccc1. The third-order valence-electron chi connectivity index (χ3n) is 3.63. The number of carbonyl (C=O) groups excluding carboxylic acids is 1. The number of rotatable bonds is 4. The van der Waals surface area contributed by atoms with Crippen LogP contribution in [-0.4, -0.2) is 43.2 Å². The van der Waals surface area contributed by atoms with Crippen LogP contribution in [0.5, 0.6) is 0 Å². The third kappa shape index (κ3) is 3.78. The van der Waals surface area contributed by atoms with E-state index in [1.54, 1.807) is 0 Å². The molecule has 19 heavy (non-hydrogen) atoms. The number of benzene rings is 1. The van der Waals surface area contributed by atoms with Gasteiger partial charge in [-0.05, 0) is 19.4 Å². The molecule has 0 bridgehead atoms. The maximum atomic E-state index is 12.2. The van der Waals surface area contributed by atoms with E-state index < -0.39 is 0 Å². The number of nitrogens with zero attached hydrogens (tertiary/aromatic N) is 1. The average molecular weight is 262 g/mol. The molecule has 0 unspecified atom stereocenters. The fourth-order valence-corrected chi connectivity index (χ4v) is 2.29. The molecular weight excluding hydrogens is 240 g/mol. The van der Waals surface area contributed by atoms with Crippen LogP contribution in [0.3, 0.4) is 0 Å². The highest BCUT2D eigenvalue weighted by molar-refractivity contribution is 5.81. The van der Waals surface area contributed by atoms with Gasteiger partial charge in [0.25, 0.3) is 0 Å². The van der Waals surface area contributed by atoms with Crippen molar-refractivity contribution in [2.24, 2.45) is 0 Å². The normalized spacial score (nSPS) is 19.7. The van der Waals surface area contributed by atoms with Crippen molar-refractivity contribution < 1.29 is 9.53 Å².